The van der Waals surface area contributed by atoms with Crippen molar-refractivity contribution in [2.75, 3.05) is 145 Å². The van der Waals surface area contributed by atoms with Crippen molar-refractivity contribution in [2.24, 2.45) is 57.0 Å². The lowest BCUT2D eigenvalue weighted by molar-refractivity contribution is -0.115. The van der Waals surface area contributed by atoms with E-state index in [1.54, 1.807) is 0 Å². The first kappa shape index (κ1) is 93.2. The third-order valence-corrected chi connectivity index (χ3v) is 14.7. The van der Waals surface area contributed by atoms with E-state index in [0.29, 0.717) is 145 Å². The third kappa shape index (κ3) is 58.4. The fraction of sp³-hybridized carbons (Fsp3) is 1.00. The Bertz CT molecular complexity index is 1390. The Morgan fingerprint density at radius 1 is 0.222 bits per heavy atom. The first-order valence-corrected chi connectivity index (χ1v) is 34.6. The van der Waals surface area contributed by atoms with Crippen LogP contribution in [0.5, 0.6) is 0 Å². The number of nitrogens with two attached hydrogens (primary N) is 9. The van der Waals surface area contributed by atoms with Gasteiger partial charge in [0, 0.05) is 59.8 Å². The van der Waals surface area contributed by atoms with Crippen LogP contribution in [-0.4, -0.2) is 249 Å². The first-order chi connectivity index (χ1) is 42.8. The molecular weight excluding hydrogens is 1160 g/mol. The minimum absolute atomic E-state index is 0.00655. The van der Waals surface area contributed by atoms with E-state index in [4.69, 9.17) is 123 Å². The molecule has 0 amide bonds. The quantitative estimate of drug-likeness (QED) is 0.0372. The molecule has 0 aromatic carbocycles. The molecule has 0 radical (unpaired) electrons. The van der Waals surface area contributed by atoms with E-state index in [-0.39, 0.29) is 109 Å². The minimum Gasteiger partial charge on any atom is -0.379 e. The number of rotatable bonds is 62. The van der Waals surface area contributed by atoms with Crippen LogP contribution in [0.4, 0.5) is 0 Å². The summed E-state index contributed by atoms with van der Waals surface area (Å²) in [6.45, 7) is 43.2. The van der Waals surface area contributed by atoms with Crippen LogP contribution < -0.4 is 51.6 Å². The molecule has 0 aromatic heterocycles. The molecule has 0 fully saturated rings. The van der Waals surface area contributed by atoms with Gasteiger partial charge in [0.2, 0.25) is 0 Å². The summed E-state index contributed by atoms with van der Waals surface area (Å²) in [7, 11) is 0. The van der Waals surface area contributed by atoms with Gasteiger partial charge in [0.15, 0.2) is 0 Å². The zero-order chi connectivity index (χ0) is 68.5. The normalized spacial score (nSPS) is 18.4. The Morgan fingerprint density at radius 2 is 0.444 bits per heavy atom. The van der Waals surface area contributed by atoms with Crippen LogP contribution in [0, 0.1) is 5.41 Å². The second kappa shape index (κ2) is 62.8. The molecule has 0 aliphatic heterocycles. The second-order valence-corrected chi connectivity index (χ2v) is 24.9. The monoisotopic (exact) mass is 1310 g/mol. The van der Waals surface area contributed by atoms with Crippen LogP contribution in [-0.2, 0) is 71.1 Å². The van der Waals surface area contributed by atoms with E-state index in [9.17, 15) is 0 Å². The molecule has 24 heteroatoms. The molecule has 0 saturated carbocycles. The standard InChI is InChI=1S/C27H59N3O6.C24H53N3O6.C15H35N3O3/c1-7-21(28)13-33-24(10-4)16-31-18-27(36-20-26(12-6)35-15-23(30)9-3)19-32-17-25(11-5)34-14-22(29)8-2;1-7-21(25)13-30-18(4)10-28-16-24(33-12-20(6)32-15-23(27)9-3)17-29-11-19(5)31-14-22(26)8-2;1-5-15(9-19-6-12(2)16,10-20-7-13(3)17)11-21-8-14(4)18/h21-27H,7-20,28-30H2,1-6H3;18-24H,7-17,25-27H2,1-6H3;12-14H,5-11,16-18H2,1-4H3. The summed E-state index contributed by atoms with van der Waals surface area (Å²) in [6, 6.07) is 0.357. The lowest BCUT2D eigenvalue weighted by atomic mass is 9.88. The Kier molecular flexibility index (Phi) is 65.1. The van der Waals surface area contributed by atoms with Gasteiger partial charge in [0.25, 0.3) is 0 Å². The van der Waals surface area contributed by atoms with E-state index >= 15 is 0 Å². The van der Waals surface area contributed by atoms with Crippen molar-refractivity contribution in [2.45, 2.75) is 278 Å². The van der Waals surface area contributed by atoms with Crippen LogP contribution >= 0.6 is 0 Å². The average molecular weight is 1310 g/mol. The fourth-order valence-electron chi connectivity index (χ4n) is 7.36. The number of hydrogen-bond acceptors (Lipinski definition) is 24. The topological polar surface area (TPSA) is 373 Å². The van der Waals surface area contributed by atoms with E-state index < -0.39 is 0 Å². The van der Waals surface area contributed by atoms with Gasteiger partial charge in [-0.05, 0) is 106 Å². The molecule has 18 N–H and O–H groups in total. The Labute approximate surface area is 549 Å². The smallest absolute Gasteiger partial charge is 0.104 e. The summed E-state index contributed by atoms with van der Waals surface area (Å²) in [5.74, 6) is 0. The molecule has 90 heavy (non-hydrogen) atoms. The fourth-order valence-corrected chi connectivity index (χ4v) is 7.36. The third-order valence-electron chi connectivity index (χ3n) is 14.7. The highest BCUT2D eigenvalue weighted by Gasteiger charge is 2.30. The van der Waals surface area contributed by atoms with Gasteiger partial charge in [-0.2, -0.15) is 0 Å². The summed E-state index contributed by atoms with van der Waals surface area (Å²) in [5, 5.41) is 0. The maximum absolute atomic E-state index is 6.19. The summed E-state index contributed by atoms with van der Waals surface area (Å²) in [5.41, 5.74) is 52.7. The Hall–Kier alpha value is -0.960. The van der Waals surface area contributed by atoms with Crippen LogP contribution in [0.2, 0.25) is 0 Å². The Balaban J connectivity index is -0.00000130. The van der Waals surface area contributed by atoms with E-state index in [1.165, 1.54) is 0 Å². The molecule has 0 aromatic rings. The van der Waals surface area contributed by atoms with Crippen molar-refractivity contribution in [3.63, 3.8) is 0 Å². The lowest BCUT2D eigenvalue weighted by Gasteiger charge is -2.33. The largest absolute Gasteiger partial charge is 0.379 e. The molecule has 24 nitrogen and oxygen atoms in total. The summed E-state index contributed by atoms with van der Waals surface area (Å²) in [6.07, 6.45) is 8.15. The van der Waals surface area contributed by atoms with E-state index in [0.717, 1.165) is 64.2 Å². The van der Waals surface area contributed by atoms with Crippen LogP contribution in [0.15, 0.2) is 0 Å². The SMILES string of the molecule is CCC(COCC(C)N)(COCC(C)N)COCC(C)N.CCC(N)COC(C)COCC(COCC(C)OCC(N)CC)OCC(C)OCC(N)CC.CCC(N)COC(CC)COCC(COCC(CC)OCC(N)CC)OCC(CC)OCC(N)CC. The number of hydrogen-bond donors (Lipinski definition) is 9. The van der Waals surface area contributed by atoms with Crippen molar-refractivity contribution in [1.82, 2.24) is 0 Å². The molecule has 0 spiro atoms. The summed E-state index contributed by atoms with van der Waals surface area (Å²) in [4.78, 5) is 0. The molecule has 0 bridgehead atoms. The molecule has 546 valence electrons. The highest BCUT2D eigenvalue weighted by Crippen LogP contribution is 2.24. The van der Waals surface area contributed by atoms with Crippen molar-refractivity contribution in [1.29, 1.82) is 0 Å². The zero-order valence-corrected chi connectivity index (χ0v) is 60.3. The van der Waals surface area contributed by atoms with E-state index in [1.807, 2.05) is 62.3 Å². The summed E-state index contributed by atoms with van der Waals surface area (Å²) < 4.78 is 88.0. The highest BCUT2D eigenvalue weighted by atomic mass is 16.6. The van der Waals surface area contributed by atoms with Gasteiger partial charge in [-0.25, -0.2) is 0 Å². The van der Waals surface area contributed by atoms with Crippen molar-refractivity contribution in [3.05, 3.63) is 0 Å². The van der Waals surface area contributed by atoms with Gasteiger partial charge in [0.1, 0.15) is 12.2 Å². The average Bonchev–Trinajstić information content (AvgIpc) is 3.53. The molecule has 15 unspecified atom stereocenters. The van der Waals surface area contributed by atoms with Gasteiger partial charge >= 0.3 is 0 Å². The van der Waals surface area contributed by atoms with Gasteiger partial charge < -0.3 is 123 Å². The van der Waals surface area contributed by atoms with Crippen molar-refractivity contribution >= 4 is 0 Å². The summed E-state index contributed by atoms with van der Waals surface area (Å²) >= 11 is 0. The molecule has 0 saturated heterocycles. The predicted octanol–water partition coefficient (Wildman–Crippen LogP) is 5.31. The maximum atomic E-state index is 6.19. The van der Waals surface area contributed by atoms with Crippen LogP contribution in [0.3, 0.4) is 0 Å². The molecule has 0 rings (SSSR count). The lowest BCUT2D eigenvalue weighted by Crippen LogP contribution is -2.40. The minimum atomic E-state index is -0.230. The Morgan fingerprint density at radius 3 is 0.700 bits per heavy atom. The molecular formula is C66H147N9O15. The molecule has 0 aliphatic rings. The van der Waals surface area contributed by atoms with Gasteiger partial charge in [0.05, 0.1) is 182 Å². The molecule has 0 heterocycles. The van der Waals surface area contributed by atoms with Gasteiger partial charge in [-0.1, -0.05) is 69.2 Å². The van der Waals surface area contributed by atoms with Crippen molar-refractivity contribution < 1.29 is 71.1 Å². The molecule has 15 atom stereocenters. The van der Waals surface area contributed by atoms with Gasteiger partial charge in [-0.15, -0.1) is 0 Å². The van der Waals surface area contributed by atoms with Gasteiger partial charge in [-0.3, -0.25) is 0 Å². The highest BCUT2D eigenvalue weighted by molar-refractivity contribution is 4.79. The molecule has 0 aliphatic carbocycles. The maximum Gasteiger partial charge on any atom is 0.104 e. The second-order valence-electron chi connectivity index (χ2n) is 24.9. The number of ether oxygens (including phenoxy) is 15. The first-order valence-electron chi connectivity index (χ1n) is 34.6. The zero-order valence-electron chi connectivity index (χ0n) is 60.3. The van der Waals surface area contributed by atoms with E-state index in [2.05, 4.69) is 48.5 Å². The van der Waals surface area contributed by atoms with Crippen LogP contribution in [0.25, 0.3) is 0 Å². The van der Waals surface area contributed by atoms with Crippen molar-refractivity contribution in [3.8, 4) is 0 Å². The van der Waals surface area contributed by atoms with Crippen LogP contribution in [0.1, 0.15) is 175 Å². The predicted molar refractivity (Wildman–Crippen MR) is 365 cm³/mol.